The summed E-state index contributed by atoms with van der Waals surface area (Å²) in [4.78, 5) is 42.3. The van der Waals surface area contributed by atoms with E-state index in [0.717, 1.165) is 23.8 Å². The van der Waals surface area contributed by atoms with Gasteiger partial charge in [0.2, 0.25) is 5.95 Å². The number of fused-ring (bicyclic) bond motifs is 1. The van der Waals surface area contributed by atoms with Crippen LogP contribution in [0.15, 0.2) is 58.6 Å². The molecule has 0 aliphatic heterocycles. The van der Waals surface area contributed by atoms with Gasteiger partial charge in [0.25, 0.3) is 5.56 Å². The molecule has 1 fully saturated rings. The van der Waals surface area contributed by atoms with Crippen LogP contribution in [0.5, 0.6) is 5.75 Å². The lowest BCUT2D eigenvalue weighted by molar-refractivity contribution is -0.0503. The van der Waals surface area contributed by atoms with Gasteiger partial charge in [-0.1, -0.05) is 0 Å². The van der Waals surface area contributed by atoms with Gasteiger partial charge in [-0.2, -0.15) is 8.78 Å². The number of halogens is 2. The molecule has 2 atom stereocenters. The summed E-state index contributed by atoms with van der Waals surface area (Å²) in [6, 6.07) is 6.89. The van der Waals surface area contributed by atoms with Crippen molar-refractivity contribution < 1.29 is 13.5 Å². The summed E-state index contributed by atoms with van der Waals surface area (Å²) in [6.45, 7) is -2.92. The Balaban J connectivity index is 1.24. The maximum absolute atomic E-state index is 12.9. The van der Waals surface area contributed by atoms with Gasteiger partial charge in [-0.05, 0) is 43.5 Å². The van der Waals surface area contributed by atoms with Crippen LogP contribution in [0, 0.1) is 0 Å². The Bertz CT molecular complexity index is 1490. The monoisotopic (exact) mass is 496 g/mol. The van der Waals surface area contributed by atoms with E-state index in [1.165, 1.54) is 29.4 Å². The second kappa shape index (κ2) is 9.68. The van der Waals surface area contributed by atoms with Crippen LogP contribution in [-0.4, -0.2) is 47.8 Å². The topological polar surface area (TPSA) is 129 Å². The van der Waals surface area contributed by atoms with Crippen LogP contribution >= 0.6 is 0 Å². The van der Waals surface area contributed by atoms with Crippen LogP contribution in [0.25, 0.3) is 16.7 Å². The molecule has 5 rings (SSSR count). The van der Waals surface area contributed by atoms with Crippen molar-refractivity contribution >= 4 is 22.8 Å². The molecule has 36 heavy (non-hydrogen) atoms. The summed E-state index contributed by atoms with van der Waals surface area (Å²) in [5, 5.41) is 6.89. The Kier molecular flexibility index (Phi) is 6.27. The molecule has 1 aliphatic carbocycles. The fourth-order valence-corrected chi connectivity index (χ4v) is 4.30. The van der Waals surface area contributed by atoms with E-state index in [9.17, 15) is 18.4 Å². The van der Waals surface area contributed by atoms with Crippen LogP contribution in [0.1, 0.15) is 19.3 Å². The Labute approximate surface area is 202 Å². The van der Waals surface area contributed by atoms with E-state index >= 15 is 0 Å². The molecule has 4 heterocycles. The molecular formula is C23H22F2N8O3. The molecule has 4 aromatic heterocycles. The number of ether oxygens (including phenoxy) is 1. The molecule has 0 radical (unpaired) electrons. The van der Waals surface area contributed by atoms with Gasteiger partial charge in [-0.3, -0.25) is 9.36 Å². The van der Waals surface area contributed by atoms with E-state index in [0.29, 0.717) is 28.5 Å². The molecule has 4 aromatic rings. The van der Waals surface area contributed by atoms with E-state index in [4.69, 9.17) is 0 Å². The lowest BCUT2D eigenvalue weighted by Gasteiger charge is -2.16. The van der Waals surface area contributed by atoms with Crippen LogP contribution in [0.4, 0.5) is 20.5 Å². The van der Waals surface area contributed by atoms with Crippen molar-refractivity contribution in [3.8, 4) is 11.4 Å². The Morgan fingerprint density at radius 3 is 2.44 bits per heavy atom. The first-order valence-corrected chi connectivity index (χ1v) is 11.2. The molecule has 2 N–H and O–H groups in total. The molecule has 0 bridgehead atoms. The second-order valence-corrected chi connectivity index (χ2v) is 8.37. The van der Waals surface area contributed by atoms with Gasteiger partial charge in [-0.25, -0.2) is 29.3 Å². The predicted octanol–water partition coefficient (Wildman–Crippen LogP) is 2.32. The molecule has 0 aromatic carbocycles. The van der Waals surface area contributed by atoms with Gasteiger partial charge in [0.1, 0.15) is 11.5 Å². The van der Waals surface area contributed by atoms with Crippen molar-refractivity contribution in [2.24, 2.45) is 7.05 Å². The Morgan fingerprint density at radius 2 is 1.75 bits per heavy atom. The number of pyridine rings is 2. The molecule has 11 nitrogen and oxygen atoms in total. The first-order chi connectivity index (χ1) is 17.4. The Hall–Kier alpha value is -4.42. The van der Waals surface area contributed by atoms with Gasteiger partial charge in [0.05, 0.1) is 29.7 Å². The first-order valence-electron chi connectivity index (χ1n) is 11.2. The average molecular weight is 496 g/mol. The lowest BCUT2D eigenvalue weighted by atomic mass is 10.2. The minimum Gasteiger partial charge on any atom is -0.432 e. The number of hydrogen-bond acceptors (Lipinski definition) is 9. The van der Waals surface area contributed by atoms with Crippen molar-refractivity contribution in [2.75, 3.05) is 10.6 Å². The van der Waals surface area contributed by atoms with Crippen LogP contribution in [-0.2, 0) is 7.05 Å². The molecule has 0 saturated heterocycles. The van der Waals surface area contributed by atoms with E-state index < -0.39 is 17.9 Å². The molecular weight excluding hydrogens is 474 g/mol. The normalized spacial score (nSPS) is 17.4. The highest BCUT2D eigenvalue weighted by Gasteiger charge is 2.25. The largest absolute Gasteiger partial charge is 0.432 e. The molecule has 13 heteroatoms. The van der Waals surface area contributed by atoms with E-state index in [1.54, 1.807) is 31.3 Å². The fourth-order valence-electron chi connectivity index (χ4n) is 4.30. The number of aryl methyl sites for hydroxylation is 1. The van der Waals surface area contributed by atoms with Gasteiger partial charge in [-0.15, -0.1) is 0 Å². The second-order valence-electron chi connectivity index (χ2n) is 8.37. The number of nitrogens with one attached hydrogen (secondary N) is 2. The zero-order valence-electron chi connectivity index (χ0n) is 19.1. The van der Waals surface area contributed by atoms with Crippen LogP contribution < -0.4 is 26.6 Å². The zero-order chi connectivity index (χ0) is 25.2. The van der Waals surface area contributed by atoms with Crippen molar-refractivity contribution in [1.82, 2.24) is 29.1 Å². The molecule has 1 aliphatic rings. The number of nitrogens with zero attached hydrogens (tertiary/aromatic N) is 6. The third-order valence-electron chi connectivity index (χ3n) is 5.99. The third-order valence-corrected chi connectivity index (χ3v) is 5.99. The smallest absolute Gasteiger partial charge is 0.387 e. The number of alkyl halides is 2. The highest BCUT2D eigenvalue weighted by atomic mass is 19.3. The molecule has 186 valence electrons. The van der Waals surface area contributed by atoms with Gasteiger partial charge >= 0.3 is 12.3 Å². The van der Waals surface area contributed by atoms with Crippen molar-refractivity contribution in [1.29, 1.82) is 0 Å². The molecule has 0 spiro atoms. The molecule has 0 amide bonds. The molecule has 1 saturated carbocycles. The van der Waals surface area contributed by atoms with E-state index in [2.05, 4.69) is 35.3 Å². The fraction of sp³-hybridized carbons (Fsp3) is 0.304. The van der Waals surface area contributed by atoms with Gasteiger partial charge < -0.3 is 15.4 Å². The zero-order valence-corrected chi connectivity index (χ0v) is 19.1. The standard InChI is InChI=1S/C23H22F2N8O3/c1-32-19-17(3-2-8-26-19)20(34)33(23(32)35)15-6-7-18(27-10-15)30-13-4-5-14(9-13)31-22-28-11-16(12-29-22)36-21(24)25/h2-3,6-8,10-14,21H,4-5,9H2,1H3,(H,27,30)(H,28,29,31)/t13-,14-/m0/s1. The summed E-state index contributed by atoms with van der Waals surface area (Å²) < 4.78 is 31.2. The highest BCUT2D eigenvalue weighted by molar-refractivity contribution is 5.73. The molecule has 0 unspecified atom stereocenters. The van der Waals surface area contributed by atoms with Crippen LogP contribution in [0.3, 0.4) is 0 Å². The van der Waals surface area contributed by atoms with Crippen molar-refractivity contribution in [3.63, 3.8) is 0 Å². The van der Waals surface area contributed by atoms with Crippen molar-refractivity contribution in [2.45, 2.75) is 38.0 Å². The lowest BCUT2D eigenvalue weighted by Crippen LogP contribution is -2.38. The van der Waals surface area contributed by atoms with Crippen molar-refractivity contribution in [3.05, 3.63) is 69.9 Å². The number of anilines is 2. The first kappa shape index (κ1) is 23.3. The summed E-state index contributed by atoms with van der Waals surface area (Å²) in [7, 11) is 1.57. The maximum Gasteiger partial charge on any atom is 0.387 e. The third kappa shape index (κ3) is 4.72. The Morgan fingerprint density at radius 1 is 1.00 bits per heavy atom. The SMILES string of the molecule is Cn1c(=O)n(-c2ccc(N[C@H]3CC[C@H](Nc4ncc(OC(F)F)cn4)C3)nc2)c(=O)c2cccnc21. The average Bonchev–Trinajstić information content (AvgIpc) is 3.31. The van der Waals surface area contributed by atoms with Crippen LogP contribution in [0.2, 0.25) is 0 Å². The van der Waals surface area contributed by atoms with Gasteiger partial charge in [0.15, 0.2) is 5.75 Å². The quantitative estimate of drug-likeness (QED) is 0.396. The predicted molar refractivity (Wildman–Crippen MR) is 128 cm³/mol. The minimum absolute atomic E-state index is 0.0939. The summed E-state index contributed by atoms with van der Waals surface area (Å²) in [5.74, 6) is 0.848. The maximum atomic E-state index is 12.9. The van der Waals surface area contributed by atoms with E-state index in [-0.39, 0.29) is 17.8 Å². The highest BCUT2D eigenvalue weighted by Crippen LogP contribution is 2.25. The summed E-state index contributed by atoms with van der Waals surface area (Å²) in [5.41, 5.74) is -0.277. The number of rotatable bonds is 7. The number of aromatic nitrogens is 6. The van der Waals surface area contributed by atoms with Gasteiger partial charge in [0, 0.05) is 25.3 Å². The number of hydrogen-bond donors (Lipinski definition) is 2. The summed E-state index contributed by atoms with van der Waals surface area (Å²) >= 11 is 0. The van der Waals surface area contributed by atoms with E-state index in [1.807, 2.05) is 0 Å². The minimum atomic E-state index is -2.92. The summed E-state index contributed by atoms with van der Waals surface area (Å²) in [6.07, 6.45) is 7.89.